The van der Waals surface area contributed by atoms with Gasteiger partial charge in [-0.15, -0.1) is 11.8 Å². The van der Waals surface area contributed by atoms with Crippen LogP contribution in [0, 0.1) is 6.92 Å². The van der Waals surface area contributed by atoms with E-state index in [0.717, 1.165) is 15.7 Å². The van der Waals surface area contributed by atoms with Gasteiger partial charge in [-0.1, -0.05) is 29.0 Å². The molecule has 0 bridgehead atoms. The van der Waals surface area contributed by atoms with Crippen molar-refractivity contribution in [2.45, 2.75) is 11.1 Å². The molecule has 17 heavy (non-hydrogen) atoms. The zero-order chi connectivity index (χ0) is 12.1. The Morgan fingerprint density at radius 2 is 2.12 bits per heavy atom. The highest BCUT2D eigenvalue weighted by Gasteiger charge is 1.99. The van der Waals surface area contributed by atoms with Gasteiger partial charge in [0.2, 0.25) is 0 Å². The quantitative estimate of drug-likeness (QED) is 0.667. The van der Waals surface area contributed by atoms with Crippen molar-refractivity contribution in [2.75, 3.05) is 18.1 Å². The number of aromatic nitrogens is 1. The van der Waals surface area contributed by atoms with Crippen LogP contribution in [0.2, 0.25) is 0 Å². The number of nitrogens with two attached hydrogens (primary N) is 1. The second-order valence-corrected chi connectivity index (χ2v) is 5.98. The van der Waals surface area contributed by atoms with E-state index in [-0.39, 0.29) is 0 Å². The highest BCUT2D eigenvalue weighted by molar-refractivity contribution is 8.01. The van der Waals surface area contributed by atoms with Crippen LogP contribution in [0.1, 0.15) is 5.56 Å². The highest BCUT2D eigenvalue weighted by atomic mass is 32.2. The van der Waals surface area contributed by atoms with E-state index in [1.54, 1.807) is 18.0 Å². The van der Waals surface area contributed by atoms with Crippen molar-refractivity contribution in [3.8, 4) is 5.75 Å². The van der Waals surface area contributed by atoms with Crippen LogP contribution in [-0.2, 0) is 0 Å². The molecule has 0 saturated heterocycles. The van der Waals surface area contributed by atoms with Crippen LogP contribution in [0.5, 0.6) is 5.75 Å². The fourth-order valence-electron chi connectivity index (χ4n) is 1.28. The second kappa shape index (κ2) is 5.93. The normalized spacial score (nSPS) is 10.4. The Labute approximate surface area is 109 Å². The molecule has 2 rings (SSSR count). The molecule has 3 nitrogen and oxygen atoms in total. The Hall–Kier alpha value is -1.20. The largest absolute Gasteiger partial charge is 0.493 e. The first-order valence-corrected chi connectivity index (χ1v) is 7.08. The Bertz CT molecular complexity index is 468. The molecule has 0 saturated carbocycles. The molecule has 0 radical (unpaired) electrons. The molecule has 0 aliphatic heterocycles. The van der Waals surface area contributed by atoms with Crippen LogP contribution in [-0.4, -0.2) is 17.3 Å². The number of nitrogen functional groups attached to an aromatic ring is 1. The number of hydrogen-bond acceptors (Lipinski definition) is 5. The molecule has 2 aromatic rings. The van der Waals surface area contributed by atoms with Crippen LogP contribution in [0.25, 0.3) is 0 Å². The number of hydrogen-bond donors (Lipinski definition) is 1. The fraction of sp³-hybridized carbons (Fsp3) is 0.250. The molecule has 0 spiro atoms. The summed E-state index contributed by atoms with van der Waals surface area (Å²) in [6.07, 6.45) is 1.80. The Kier molecular flexibility index (Phi) is 4.28. The third kappa shape index (κ3) is 3.94. The number of benzene rings is 1. The summed E-state index contributed by atoms with van der Waals surface area (Å²) in [4.78, 5) is 4.00. The van der Waals surface area contributed by atoms with Gasteiger partial charge in [0.15, 0.2) is 5.13 Å². The molecule has 0 amide bonds. The summed E-state index contributed by atoms with van der Waals surface area (Å²) in [6.45, 7) is 2.75. The van der Waals surface area contributed by atoms with Gasteiger partial charge in [-0.3, -0.25) is 0 Å². The summed E-state index contributed by atoms with van der Waals surface area (Å²) in [5.74, 6) is 1.82. The molecular weight excluding hydrogens is 252 g/mol. The highest BCUT2D eigenvalue weighted by Crippen LogP contribution is 2.26. The average Bonchev–Trinajstić information content (AvgIpc) is 2.73. The van der Waals surface area contributed by atoms with Crippen molar-refractivity contribution in [2.24, 2.45) is 0 Å². The standard InChI is InChI=1S/C12H14N2OS2/c1-9-2-4-10(5-3-9)15-6-7-16-11-8-14-12(13)17-11/h2-5,8H,6-7H2,1H3,(H2,13,14). The van der Waals surface area contributed by atoms with Gasteiger partial charge in [0.1, 0.15) is 5.75 Å². The molecule has 1 aromatic heterocycles. The molecule has 0 aliphatic carbocycles. The molecule has 5 heteroatoms. The van der Waals surface area contributed by atoms with Crippen LogP contribution in [0.3, 0.4) is 0 Å². The van der Waals surface area contributed by atoms with E-state index in [4.69, 9.17) is 10.5 Å². The number of rotatable bonds is 5. The number of ether oxygens (including phenoxy) is 1. The van der Waals surface area contributed by atoms with Gasteiger partial charge in [-0.2, -0.15) is 0 Å². The van der Waals surface area contributed by atoms with E-state index >= 15 is 0 Å². The molecule has 2 N–H and O–H groups in total. The van der Waals surface area contributed by atoms with Crippen molar-refractivity contribution in [3.63, 3.8) is 0 Å². The topological polar surface area (TPSA) is 48.1 Å². The van der Waals surface area contributed by atoms with Gasteiger partial charge < -0.3 is 10.5 Å². The lowest BCUT2D eigenvalue weighted by atomic mass is 10.2. The molecule has 90 valence electrons. The van der Waals surface area contributed by atoms with Crippen molar-refractivity contribution in [3.05, 3.63) is 36.0 Å². The van der Waals surface area contributed by atoms with Gasteiger partial charge in [0, 0.05) is 5.75 Å². The van der Waals surface area contributed by atoms with Gasteiger partial charge in [-0.25, -0.2) is 4.98 Å². The minimum Gasteiger partial charge on any atom is -0.493 e. The van der Waals surface area contributed by atoms with E-state index in [2.05, 4.69) is 11.9 Å². The predicted octanol–water partition coefficient (Wildman–Crippen LogP) is 3.20. The number of nitrogens with zero attached hydrogens (tertiary/aromatic N) is 1. The average molecular weight is 266 g/mol. The number of anilines is 1. The second-order valence-electron chi connectivity index (χ2n) is 3.53. The summed E-state index contributed by atoms with van der Waals surface area (Å²) >= 11 is 3.22. The Balaban J connectivity index is 1.71. The molecule has 0 fully saturated rings. The summed E-state index contributed by atoms with van der Waals surface area (Å²) in [5, 5.41) is 0.618. The lowest BCUT2D eigenvalue weighted by molar-refractivity contribution is 0.344. The zero-order valence-corrected chi connectivity index (χ0v) is 11.2. The van der Waals surface area contributed by atoms with Gasteiger partial charge in [0.25, 0.3) is 0 Å². The minimum absolute atomic E-state index is 0.618. The van der Waals surface area contributed by atoms with Crippen molar-refractivity contribution >= 4 is 28.2 Å². The smallest absolute Gasteiger partial charge is 0.181 e. The van der Waals surface area contributed by atoms with Crippen molar-refractivity contribution in [1.29, 1.82) is 0 Å². The molecular formula is C12H14N2OS2. The predicted molar refractivity (Wildman–Crippen MR) is 73.9 cm³/mol. The maximum absolute atomic E-state index is 5.62. The third-order valence-corrected chi connectivity index (χ3v) is 4.11. The zero-order valence-electron chi connectivity index (χ0n) is 9.55. The number of thioether (sulfide) groups is 1. The monoisotopic (exact) mass is 266 g/mol. The summed E-state index contributed by atoms with van der Waals surface area (Å²) in [6, 6.07) is 8.08. The lowest BCUT2D eigenvalue weighted by Crippen LogP contribution is -1.99. The molecule has 1 aromatic carbocycles. The van der Waals surface area contributed by atoms with Crippen LogP contribution < -0.4 is 10.5 Å². The molecule has 1 heterocycles. The van der Waals surface area contributed by atoms with Gasteiger partial charge in [0.05, 0.1) is 17.0 Å². The van der Waals surface area contributed by atoms with Crippen molar-refractivity contribution < 1.29 is 4.74 Å². The lowest BCUT2D eigenvalue weighted by Gasteiger charge is -2.05. The SMILES string of the molecule is Cc1ccc(OCCSc2cnc(N)s2)cc1. The Morgan fingerprint density at radius 3 is 2.76 bits per heavy atom. The minimum atomic E-state index is 0.618. The van der Waals surface area contributed by atoms with E-state index in [1.807, 2.05) is 24.3 Å². The van der Waals surface area contributed by atoms with E-state index < -0.39 is 0 Å². The summed E-state index contributed by atoms with van der Waals surface area (Å²) in [5.41, 5.74) is 6.79. The first-order valence-electron chi connectivity index (χ1n) is 5.27. The summed E-state index contributed by atoms with van der Waals surface area (Å²) in [7, 11) is 0. The van der Waals surface area contributed by atoms with Crippen LogP contribution in [0.4, 0.5) is 5.13 Å². The Morgan fingerprint density at radius 1 is 1.35 bits per heavy atom. The number of aryl methyl sites for hydroxylation is 1. The maximum atomic E-state index is 5.62. The number of thiazole rings is 1. The first kappa shape index (κ1) is 12.3. The van der Waals surface area contributed by atoms with Crippen molar-refractivity contribution in [1.82, 2.24) is 4.98 Å². The van der Waals surface area contributed by atoms with Crippen LogP contribution in [0.15, 0.2) is 34.7 Å². The third-order valence-electron chi connectivity index (χ3n) is 2.12. The fourth-order valence-corrected chi connectivity index (χ4v) is 2.93. The van der Waals surface area contributed by atoms with E-state index in [0.29, 0.717) is 11.7 Å². The maximum Gasteiger partial charge on any atom is 0.181 e. The first-order chi connectivity index (χ1) is 8.24. The molecule has 0 aliphatic rings. The van der Waals surface area contributed by atoms with Gasteiger partial charge in [-0.05, 0) is 19.1 Å². The van der Waals surface area contributed by atoms with E-state index in [1.165, 1.54) is 16.9 Å². The molecule has 0 atom stereocenters. The van der Waals surface area contributed by atoms with Gasteiger partial charge >= 0.3 is 0 Å². The van der Waals surface area contributed by atoms with Crippen LogP contribution >= 0.6 is 23.1 Å². The molecule has 0 unspecified atom stereocenters. The van der Waals surface area contributed by atoms with E-state index in [9.17, 15) is 0 Å². The summed E-state index contributed by atoms with van der Waals surface area (Å²) < 4.78 is 6.76.